The highest BCUT2D eigenvalue weighted by Gasteiger charge is 2.14. The van der Waals surface area contributed by atoms with Crippen molar-refractivity contribution in [3.8, 4) is 0 Å². The van der Waals surface area contributed by atoms with E-state index < -0.39 is 5.97 Å². The first-order chi connectivity index (χ1) is 12.6. The molecule has 0 heterocycles. The van der Waals surface area contributed by atoms with Crippen molar-refractivity contribution in [3.05, 3.63) is 89.1 Å². The van der Waals surface area contributed by atoms with Crippen molar-refractivity contribution in [1.29, 1.82) is 0 Å². The molecule has 0 fully saturated rings. The lowest BCUT2D eigenvalue weighted by Gasteiger charge is -2.09. The molecule has 0 aliphatic carbocycles. The third kappa shape index (κ3) is 4.10. The van der Waals surface area contributed by atoms with Crippen molar-refractivity contribution in [2.24, 2.45) is 0 Å². The molecule has 26 heavy (non-hydrogen) atoms. The molecule has 3 aromatic carbocycles. The first kappa shape index (κ1) is 17.7. The van der Waals surface area contributed by atoms with Gasteiger partial charge < -0.3 is 10.1 Å². The molecule has 0 aromatic heterocycles. The van der Waals surface area contributed by atoms with Gasteiger partial charge in [0.15, 0.2) is 5.78 Å². The summed E-state index contributed by atoms with van der Waals surface area (Å²) in [7, 11) is 1.26. The minimum Gasteiger partial charge on any atom is -0.464 e. The van der Waals surface area contributed by atoms with E-state index in [4.69, 9.17) is 16.3 Å². The van der Waals surface area contributed by atoms with Crippen molar-refractivity contribution in [1.82, 2.24) is 0 Å². The van der Waals surface area contributed by atoms with Gasteiger partial charge in [0.25, 0.3) is 0 Å². The third-order valence-corrected chi connectivity index (χ3v) is 4.09. The van der Waals surface area contributed by atoms with Crippen LogP contribution in [0.5, 0.6) is 0 Å². The zero-order valence-electron chi connectivity index (χ0n) is 14.0. The summed E-state index contributed by atoms with van der Waals surface area (Å²) in [4.78, 5) is 24.6. The van der Waals surface area contributed by atoms with Crippen LogP contribution in [0.2, 0.25) is 5.02 Å². The Morgan fingerprint density at radius 3 is 2.35 bits per heavy atom. The number of methoxy groups -OCH3 is 1. The zero-order valence-corrected chi connectivity index (χ0v) is 14.8. The fraction of sp³-hybridized carbons (Fsp3) is 0.0476. The van der Waals surface area contributed by atoms with Gasteiger partial charge in [0.05, 0.1) is 7.11 Å². The van der Waals surface area contributed by atoms with E-state index in [1.54, 1.807) is 36.4 Å². The summed E-state index contributed by atoms with van der Waals surface area (Å²) in [6.45, 7) is 0. The van der Waals surface area contributed by atoms with Crippen molar-refractivity contribution in [2.75, 3.05) is 12.4 Å². The second-order valence-corrected chi connectivity index (χ2v) is 6.04. The second kappa shape index (κ2) is 7.85. The maximum Gasteiger partial charge on any atom is 0.354 e. The quantitative estimate of drug-likeness (QED) is 0.399. The number of ether oxygens (including phenoxy) is 1. The molecule has 0 saturated carbocycles. The Balaban J connectivity index is 1.91. The lowest BCUT2D eigenvalue weighted by atomic mass is 10.0. The highest BCUT2D eigenvalue weighted by molar-refractivity contribution is 6.30. The molecule has 0 saturated heterocycles. The summed E-state index contributed by atoms with van der Waals surface area (Å²) in [6, 6.07) is 19.9. The van der Waals surface area contributed by atoms with Crippen LogP contribution in [0.1, 0.15) is 10.4 Å². The number of hydrogen-bond donors (Lipinski definition) is 1. The molecule has 130 valence electrons. The van der Waals surface area contributed by atoms with Crippen LogP contribution >= 0.6 is 11.6 Å². The summed E-state index contributed by atoms with van der Waals surface area (Å²) in [5, 5.41) is 5.47. The molecule has 0 aliphatic heterocycles. The van der Waals surface area contributed by atoms with Gasteiger partial charge in [0, 0.05) is 22.3 Å². The first-order valence-electron chi connectivity index (χ1n) is 7.92. The van der Waals surface area contributed by atoms with E-state index in [1.807, 2.05) is 30.3 Å². The first-order valence-corrected chi connectivity index (χ1v) is 8.30. The van der Waals surface area contributed by atoms with Gasteiger partial charge in [-0.1, -0.05) is 48.0 Å². The van der Waals surface area contributed by atoms with Gasteiger partial charge in [-0.3, -0.25) is 4.79 Å². The molecular formula is C21H16ClNO3. The number of carbonyl (C=O) groups excluding carboxylic acids is 2. The summed E-state index contributed by atoms with van der Waals surface area (Å²) in [5.41, 5.74) is 1.16. The summed E-state index contributed by atoms with van der Waals surface area (Å²) in [6.07, 6.45) is 1.24. The van der Waals surface area contributed by atoms with E-state index in [0.717, 1.165) is 10.8 Å². The Bertz CT molecular complexity index is 994. The number of allylic oxidation sites excluding steroid dienone is 1. The molecule has 4 nitrogen and oxygen atoms in total. The SMILES string of the molecule is COC(=O)C(=CC(=O)c1ccc2ccccc2c1)Nc1ccc(Cl)cc1. The van der Waals surface area contributed by atoms with Gasteiger partial charge in [0.1, 0.15) is 5.70 Å². The molecule has 0 spiro atoms. The van der Waals surface area contributed by atoms with Crippen LogP contribution in [0.4, 0.5) is 5.69 Å². The van der Waals surface area contributed by atoms with Crippen LogP contribution in [0.25, 0.3) is 10.8 Å². The van der Waals surface area contributed by atoms with E-state index in [0.29, 0.717) is 16.3 Å². The third-order valence-electron chi connectivity index (χ3n) is 3.84. The molecule has 0 amide bonds. The maximum absolute atomic E-state index is 12.6. The summed E-state index contributed by atoms with van der Waals surface area (Å²) < 4.78 is 4.77. The van der Waals surface area contributed by atoms with Gasteiger partial charge in [0.2, 0.25) is 0 Å². The average Bonchev–Trinajstić information content (AvgIpc) is 2.68. The molecule has 0 unspecified atom stereocenters. The molecule has 5 heteroatoms. The fourth-order valence-corrected chi connectivity index (χ4v) is 2.63. The van der Waals surface area contributed by atoms with Crippen molar-refractivity contribution < 1.29 is 14.3 Å². The van der Waals surface area contributed by atoms with Crippen LogP contribution in [-0.4, -0.2) is 18.9 Å². The number of esters is 1. The van der Waals surface area contributed by atoms with Crippen LogP contribution in [0, 0.1) is 0 Å². The number of ketones is 1. The predicted octanol–water partition coefficient (Wildman–Crippen LogP) is 4.84. The van der Waals surface area contributed by atoms with E-state index >= 15 is 0 Å². The van der Waals surface area contributed by atoms with Crippen LogP contribution in [0.15, 0.2) is 78.5 Å². The molecule has 0 aliphatic rings. The Kier molecular flexibility index (Phi) is 5.34. The number of rotatable bonds is 5. The average molecular weight is 366 g/mol. The van der Waals surface area contributed by atoms with Gasteiger partial charge in [-0.25, -0.2) is 4.79 Å². The van der Waals surface area contributed by atoms with E-state index in [-0.39, 0.29) is 11.5 Å². The van der Waals surface area contributed by atoms with Gasteiger partial charge >= 0.3 is 5.97 Å². The number of anilines is 1. The Hall–Kier alpha value is -3.11. The lowest BCUT2D eigenvalue weighted by molar-refractivity contribution is -0.135. The number of nitrogens with one attached hydrogen (secondary N) is 1. The van der Waals surface area contributed by atoms with Gasteiger partial charge in [-0.15, -0.1) is 0 Å². The van der Waals surface area contributed by atoms with Crippen LogP contribution in [0.3, 0.4) is 0 Å². The smallest absolute Gasteiger partial charge is 0.354 e. The lowest BCUT2D eigenvalue weighted by Crippen LogP contribution is -2.15. The van der Waals surface area contributed by atoms with Crippen molar-refractivity contribution >= 4 is 39.8 Å². The molecule has 0 bridgehead atoms. The van der Waals surface area contributed by atoms with Crippen LogP contribution in [-0.2, 0) is 9.53 Å². The van der Waals surface area contributed by atoms with Gasteiger partial charge in [-0.05, 0) is 41.1 Å². The number of benzene rings is 3. The monoisotopic (exact) mass is 365 g/mol. The Morgan fingerprint density at radius 2 is 1.65 bits per heavy atom. The van der Waals surface area contributed by atoms with E-state index in [1.165, 1.54) is 13.2 Å². The number of carbonyl (C=O) groups is 2. The summed E-state index contributed by atoms with van der Waals surface area (Å²) in [5.74, 6) is -0.924. The highest BCUT2D eigenvalue weighted by Crippen LogP contribution is 2.18. The molecule has 0 atom stereocenters. The van der Waals surface area contributed by atoms with Crippen molar-refractivity contribution in [3.63, 3.8) is 0 Å². The number of halogens is 1. The molecule has 1 N–H and O–H groups in total. The molecular weight excluding hydrogens is 350 g/mol. The number of hydrogen-bond acceptors (Lipinski definition) is 4. The standard InChI is InChI=1S/C21H16ClNO3/c1-26-21(25)19(23-18-10-8-17(22)9-11-18)13-20(24)16-7-6-14-4-2-3-5-15(14)12-16/h2-13,23H,1H3. The second-order valence-electron chi connectivity index (χ2n) is 5.61. The maximum atomic E-state index is 12.6. The Morgan fingerprint density at radius 1 is 0.962 bits per heavy atom. The van der Waals surface area contributed by atoms with Crippen LogP contribution < -0.4 is 5.32 Å². The van der Waals surface area contributed by atoms with E-state index in [2.05, 4.69) is 5.32 Å². The molecule has 3 aromatic rings. The van der Waals surface area contributed by atoms with Gasteiger partial charge in [-0.2, -0.15) is 0 Å². The fourth-order valence-electron chi connectivity index (χ4n) is 2.50. The largest absolute Gasteiger partial charge is 0.464 e. The Labute approximate surface area is 156 Å². The topological polar surface area (TPSA) is 55.4 Å². The minimum absolute atomic E-state index is 0.0491. The molecule has 0 radical (unpaired) electrons. The van der Waals surface area contributed by atoms with E-state index in [9.17, 15) is 9.59 Å². The normalized spacial score (nSPS) is 11.2. The number of fused-ring (bicyclic) bond motifs is 1. The highest BCUT2D eigenvalue weighted by atomic mass is 35.5. The zero-order chi connectivity index (χ0) is 18.5. The van der Waals surface area contributed by atoms with Crippen molar-refractivity contribution in [2.45, 2.75) is 0 Å². The minimum atomic E-state index is -0.630. The summed E-state index contributed by atoms with van der Waals surface area (Å²) >= 11 is 5.86. The predicted molar refractivity (Wildman–Crippen MR) is 103 cm³/mol. The molecule has 3 rings (SSSR count).